The fourth-order valence-electron chi connectivity index (χ4n) is 1.48. The Morgan fingerprint density at radius 3 is 2.50 bits per heavy atom. The summed E-state index contributed by atoms with van der Waals surface area (Å²) in [5.41, 5.74) is 6.33. The SMILES string of the molecule is COc1ccc(C(CN)OC(C)C)cc1F. The molecule has 0 saturated carbocycles. The van der Waals surface area contributed by atoms with Gasteiger partial charge in [-0.25, -0.2) is 4.39 Å². The Kier molecular flexibility index (Phi) is 4.71. The number of nitrogens with two attached hydrogens (primary N) is 1. The van der Waals surface area contributed by atoms with Gasteiger partial charge in [0.15, 0.2) is 11.6 Å². The van der Waals surface area contributed by atoms with Crippen LogP contribution in [0.4, 0.5) is 4.39 Å². The van der Waals surface area contributed by atoms with Crippen molar-refractivity contribution in [3.8, 4) is 5.75 Å². The van der Waals surface area contributed by atoms with Crippen LogP contribution in [-0.2, 0) is 4.74 Å². The Balaban J connectivity index is 2.89. The molecule has 16 heavy (non-hydrogen) atoms. The lowest BCUT2D eigenvalue weighted by Crippen LogP contribution is -2.19. The molecular formula is C12H18FNO2. The highest BCUT2D eigenvalue weighted by molar-refractivity contribution is 5.30. The molecule has 1 atom stereocenters. The highest BCUT2D eigenvalue weighted by Crippen LogP contribution is 2.24. The maximum atomic E-state index is 13.5. The third-order valence-corrected chi connectivity index (χ3v) is 2.20. The molecule has 0 aliphatic rings. The van der Waals surface area contributed by atoms with Crippen molar-refractivity contribution in [1.82, 2.24) is 0 Å². The molecule has 0 aromatic heterocycles. The lowest BCUT2D eigenvalue weighted by atomic mass is 10.1. The van der Waals surface area contributed by atoms with E-state index in [9.17, 15) is 4.39 Å². The normalized spacial score (nSPS) is 12.9. The minimum Gasteiger partial charge on any atom is -0.494 e. The van der Waals surface area contributed by atoms with E-state index in [1.54, 1.807) is 12.1 Å². The third kappa shape index (κ3) is 3.18. The molecule has 1 rings (SSSR count). The second kappa shape index (κ2) is 5.82. The van der Waals surface area contributed by atoms with Crippen LogP contribution in [0.3, 0.4) is 0 Å². The van der Waals surface area contributed by atoms with E-state index < -0.39 is 5.82 Å². The van der Waals surface area contributed by atoms with E-state index in [-0.39, 0.29) is 18.0 Å². The topological polar surface area (TPSA) is 44.5 Å². The van der Waals surface area contributed by atoms with Crippen LogP contribution in [0.15, 0.2) is 18.2 Å². The summed E-state index contributed by atoms with van der Waals surface area (Å²) in [6, 6.07) is 4.75. The molecule has 0 spiro atoms. The monoisotopic (exact) mass is 227 g/mol. The largest absolute Gasteiger partial charge is 0.494 e. The molecule has 0 aliphatic carbocycles. The van der Waals surface area contributed by atoms with E-state index in [2.05, 4.69) is 0 Å². The molecule has 0 amide bonds. The zero-order valence-corrected chi connectivity index (χ0v) is 9.87. The maximum Gasteiger partial charge on any atom is 0.165 e. The van der Waals surface area contributed by atoms with Crippen LogP contribution in [0.1, 0.15) is 25.5 Å². The van der Waals surface area contributed by atoms with Gasteiger partial charge in [-0.15, -0.1) is 0 Å². The van der Waals surface area contributed by atoms with Crippen molar-refractivity contribution in [1.29, 1.82) is 0 Å². The first-order valence-electron chi connectivity index (χ1n) is 5.27. The van der Waals surface area contributed by atoms with Gasteiger partial charge in [0, 0.05) is 6.54 Å². The van der Waals surface area contributed by atoms with Crippen molar-refractivity contribution in [3.63, 3.8) is 0 Å². The first-order valence-corrected chi connectivity index (χ1v) is 5.27. The zero-order valence-electron chi connectivity index (χ0n) is 9.87. The summed E-state index contributed by atoms with van der Waals surface area (Å²) < 4.78 is 23.9. The molecule has 0 fully saturated rings. The molecule has 3 nitrogen and oxygen atoms in total. The average molecular weight is 227 g/mol. The Bertz CT molecular complexity index is 342. The van der Waals surface area contributed by atoms with E-state index in [4.69, 9.17) is 15.2 Å². The molecule has 1 unspecified atom stereocenters. The van der Waals surface area contributed by atoms with Crippen molar-refractivity contribution >= 4 is 0 Å². The number of benzene rings is 1. The second-order valence-corrected chi connectivity index (χ2v) is 3.80. The van der Waals surface area contributed by atoms with E-state index in [1.165, 1.54) is 13.2 Å². The molecule has 4 heteroatoms. The lowest BCUT2D eigenvalue weighted by Gasteiger charge is -2.19. The zero-order chi connectivity index (χ0) is 12.1. The van der Waals surface area contributed by atoms with Crippen molar-refractivity contribution in [2.75, 3.05) is 13.7 Å². The number of hydrogen-bond donors (Lipinski definition) is 1. The number of halogens is 1. The Morgan fingerprint density at radius 1 is 1.38 bits per heavy atom. The quantitative estimate of drug-likeness (QED) is 0.839. The number of methoxy groups -OCH3 is 1. The van der Waals surface area contributed by atoms with E-state index in [0.29, 0.717) is 6.54 Å². The van der Waals surface area contributed by atoms with Crippen molar-refractivity contribution in [2.24, 2.45) is 5.73 Å². The Hall–Kier alpha value is -1.13. The molecule has 1 aromatic carbocycles. The smallest absolute Gasteiger partial charge is 0.165 e. The first kappa shape index (κ1) is 12.9. The highest BCUT2D eigenvalue weighted by atomic mass is 19.1. The Morgan fingerprint density at radius 2 is 2.06 bits per heavy atom. The van der Waals surface area contributed by atoms with Crippen LogP contribution < -0.4 is 10.5 Å². The fraction of sp³-hybridized carbons (Fsp3) is 0.500. The molecule has 90 valence electrons. The lowest BCUT2D eigenvalue weighted by molar-refractivity contribution is 0.0118. The summed E-state index contributed by atoms with van der Waals surface area (Å²) in [5, 5.41) is 0. The summed E-state index contributed by atoms with van der Waals surface area (Å²) >= 11 is 0. The third-order valence-electron chi connectivity index (χ3n) is 2.20. The summed E-state index contributed by atoms with van der Waals surface area (Å²) in [5.74, 6) is -0.171. The van der Waals surface area contributed by atoms with Gasteiger partial charge in [0.1, 0.15) is 0 Å². The molecule has 0 heterocycles. The molecule has 0 bridgehead atoms. The van der Waals surface area contributed by atoms with Crippen LogP contribution in [0.5, 0.6) is 5.75 Å². The molecule has 0 aliphatic heterocycles. The van der Waals surface area contributed by atoms with Crippen LogP contribution in [0.2, 0.25) is 0 Å². The van der Waals surface area contributed by atoms with Gasteiger partial charge in [0.2, 0.25) is 0 Å². The summed E-state index contributed by atoms with van der Waals surface area (Å²) in [6.45, 7) is 4.16. The minimum absolute atomic E-state index is 0.0544. The van der Waals surface area contributed by atoms with Crippen LogP contribution >= 0.6 is 0 Å². The molecule has 2 N–H and O–H groups in total. The van der Waals surface area contributed by atoms with Crippen molar-refractivity contribution in [2.45, 2.75) is 26.1 Å². The van der Waals surface area contributed by atoms with Gasteiger partial charge >= 0.3 is 0 Å². The maximum absolute atomic E-state index is 13.5. The number of rotatable bonds is 5. The van der Waals surface area contributed by atoms with Gasteiger partial charge < -0.3 is 15.2 Å². The van der Waals surface area contributed by atoms with Gasteiger partial charge in [-0.2, -0.15) is 0 Å². The first-order chi connectivity index (χ1) is 7.58. The standard InChI is InChI=1S/C12H18FNO2/c1-8(2)16-12(7-14)9-4-5-11(15-3)10(13)6-9/h4-6,8,12H,7,14H2,1-3H3. The molecule has 0 radical (unpaired) electrons. The van der Waals surface area contributed by atoms with E-state index in [0.717, 1.165) is 5.56 Å². The average Bonchev–Trinajstić information content (AvgIpc) is 2.25. The predicted octanol–water partition coefficient (Wildman–Crippen LogP) is 2.26. The second-order valence-electron chi connectivity index (χ2n) is 3.80. The highest BCUT2D eigenvalue weighted by Gasteiger charge is 2.14. The van der Waals surface area contributed by atoms with Crippen molar-refractivity contribution in [3.05, 3.63) is 29.6 Å². The van der Waals surface area contributed by atoms with Crippen LogP contribution in [0.25, 0.3) is 0 Å². The number of ether oxygens (including phenoxy) is 2. The van der Waals surface area contributed by atoms with Gasteiger partial charge in [-0.05, 0) is 31.5 Å². The van der Waals surface area contributed by atoms with Crippen LogP contribution in [0, 0.1) is 5.82 Å². The van der Waals surface area contributed by atoms with Crippen molar-refractivity contribution < 1.29 is 13.9 Å². The molecule has 1 aromatic rings. The number of hydrogen-bond acceptors (Lipinski definition) is 3. The molecular weight excluding hydrogens is 209 g/mol. The summed E-state index contributed by atoms with van der Waals surface area (Å²) in [7, 11) is 1.43. The van der Waals surface area contributed by atoms with E-state index in [1.807, 2.05) is 13.8 Å². The van der Waals surface area contributed by atoms with Gasteiger partial charge in [0.05, 0.1) is 19.3 Å². The Labute approximate surface area is 95.4 Å². The van der Waals surface area contributed by atoms with E-state index >= 15 is 0 Å². The molecule has 0 saturated heterocycles. The summed E-state index contributed by atoms with van der Waals surface area (Å²) in [6.07, 6.45) is -0.223. The van der Waals surface area contributed by atoms with Gasteiger partial charge in [-0.3, -0.25) is 0 Å². The van der Waals surface area contributed by atoms with Crippen LogP contribution in [-0.4, -0.2) is 19.8 Å². The fourth-order valence-corrected chi connectivity index (χ4v) is 1.48. The van der Waals surface area contributed by atoms with Gasteiger partial charge in [-0.1, -0.05) is 6.07 Å². The predicted molar refractivity (Wildman–Crippen MR) is 61.0 cm³/mol. The summed E-state index contributed by atoms with van der Waals surface area (Å²) in [4.78, 5) is 0. The van der Waals surface area contributed by atoms with Gasteiger partial charge in [0.25, 0.3) is 0 Å². The minimum atomic E-state index is -0.397.